The summed E-state index contributed by atoms with van der Waals surface area (Å²) in [5.41, 5.74) is 2.78. The highest BCUT2D eigenvalue weighted by Gasteiger charge is 2.18. The Morgan fingerprint density at radius 1 is 1.00 bits per heavy atom. The van der Waals surface area contributed by atoms with Crippen LogP contribution in [0.4, 0.5) is 4.39 Å². The van der Waals surface area contributed by atoms with Crippen LogP contribution in [-0.4, -0.2) is 12.1 Å². The number of methoxy groups -OCH3 is 1. The minimum Gasteiger partial charge on any atom is -0.495 e. The van der Waals surface area contributed by atoms with E-state index in [1.54, 1.807) is 25.4 Å². The molecule has 0 bridgehead atoms. The quantitative estimate of drug-likeness (QED) is 0.347. The van der Waals surface area contributed by atoms with E-state index in [-0.39, 0.29) is 5.82 Å². The molecule has 0 aliphatic heterocycles. The van der Waals surface area contributed by atoms with Crippen molar-refractivity contribution in [3.63, 3.8) is 0 Å². The maximum atomic E-state index is 13.9. The summed E-state index contributed by atoms with van der Waals surface area (Å²) in [5, 5.41) is 3.92. The maximum absolute atomic E-state index is 13.9. The van der Waals surface area contributed by atoms with Gasteiger partial charge in [0.1, 0.15) is 27.8 Å². The van der Waals surface area contributed by atoms with Crippen LogP contribution in [0.2, 0.25) is 5.02 Å². The van der Waals surface area contributed by atoms with Gasteiger partial charge in [-0.05, 0) is 29.7 Å². The van der Waals surface area contributed by atoms with Gasteiger partial charge in [0, 0.05) is 34.0 Å². The predicted octanol–water partition coefficient (Wildman–Crippen LogP) is 6.60. The Balaban J connectivity index is 1.98. The van der Waals surface area contributed by atoms with Crippen LogP contribution in [0, 0.1) is 5.82 Å². The molecule has 0 spiro atoms. The van der Waals surface area contributed by atoms with Crippen LogP contribution >= 0.6 is 11.6 Å². The van der Waals surface area contributed by atoms with Crippen LogP contribution in [0.15, 0.2) is 65.2 Å². The van der Waals surface area contributed by atoms with Gasteiger partial charge in [-0.1, -0.05) is 35.9 Å². The van der Waals surface area contributed by atoms with Crippen LogP contribution in [0.3, 0.4) is 0 Å². The first-order chi connectivity index (χ1) is 13.2. The molecule has 132 valence electrons. The van der Waals surface area contributed by atoms with E-state index in [0.717, 1.165) is 27.1 Å². The molecule has 0 atom stereocenters. The minimum atomic E-state index is -0.308. The highest BCUT2D eigenvalue weighted by atomic mass is 35.5. The van der Waals surface area contributed by atoms with E-state index in [1.807, 2.05) is 30.3 Å². The Morgan fingerprint density at radius 2 is 1.85 bits per heavy atom. The standard InChI is InChI=1S/C22H13ClFNO2/c1-26-18-9-10-25-22(21(18)23)14-4-2-3-12-5-7-17-20(19(12)14)15-11-13(24)6-8-16(15)27-17/h2-11H,1H3. The van der Waals surface area contributed by atoms with Gasteiger partial charge in [-0.25, -0.2) is 4.39 Å². The Labute approximate surface area is 158 Å². The van der Waals surface area contributed by atoms with Crippen LogP contribution < -0.4 is 4.74 Å². The van der Waals surface area contributed by atoms with Gasteiger partial charge in [0.15, 0.2) is 0 Å². The van der Waals surface area contributed by atoms with Crippen LogP contribution in [0.1, 0.15) is 0 Å². The van der Waals surface area contributed by atoms with Crippen molar-refractivity contribution in [1.82, 2.24) is 4.98 Å². The molecule has 2 heterocycles. The second-order valence-electron chi connectivity index (χ2n) is 6.26. The van der Waals surface area contributed by atoms with E-state index in [9.17, 15) is 4.39 Å². The van der Waals surface area contributed by atoms with E-state index in [0.29, 0.717) is 27.6 Å². The first-order valence-corrected chi connectivity index (χ1v) is 8.77. The lowest BCUT2D eigenvalue weighted by atomic mass is 9.97. The molecule has 0 N–H and O–H groups in total. The van der Waals surface area contributed by atoms with Gasteiger partial charge < -0.3 is 9.15 Å². The van der Waals surface area contributed by atoms with Crippen molar-refractivity contribution in [3.8, 4) is 17.0 Å². The molecule has 0 saturated carbocycles. The highest BCUT2D eigenvalue weighted by molar-refractivity contribution is 6.35. The topological polar surface area (TPSA) is 35.3 Å². The molecule has 0 radical (unpaired) electrons. The van der Waals surface area contributed by atoms with E-state index < -0.39 is 0 Å². The van der Waals surface area contributed by atoms with Crippen LogP contribution in [0.25, 0.3) is 44.0 Å². The largest absolute Gasteiger partial charge is 0.495 e. The molecule has 0 aliphatic rings. The second-order valence-corrected chi connectivity index (χ2v) is 6.64. The molecule has 5 heteroatoms. The molecule has 0 amide bonds. The summed E-state index contributed by atoms with van der Waals surface area (Å²) in [6, 6.07) is 16.0. The lowest BCUT2D eigenvalue weighted by molar-refractivity contribution is 0.414. The predicted molar refractivity (Wildman–Crippen MR) is 106 cm³/mol. The first-order valence-electron chi connectivity index (χ1n) is 8.40. The van der Waals surface area contributed by atoms with Crippen LogP contribution in [0.5, 0.6) is 5.75 Å². The van der Waals surface area contributed by atoms with Crippen molar-refractivity contribution < 1.29 is 13.5 Å². The number of pyridine rings is 1. The third kappa shape index (κ3) is 2.37. The molecule has 3 aromatic carbocycles. The number of halogens is 2. The van der Waals surface area contributed by atoms with Gasteiger partial charge in [0.05, 0.1) is 12.8 Å². The Kier molecular flexibility index (Phi) is 3.55. The lowest BCUT2D eigenvalue weighted by Gasteiger charge is -2.11. The third-order valence-electron chi connectivity index (χ3n) is 4.77. The Bertz CT molecular complexity index is 1340. The zero-order valence-electron chi connectivity index (χ0n) is 14.3. The molecule has 0 aliphatic carbocycles. The Morgan fingerprint density at radius 3 is 2.70 bits per heavy atom. The van der Waals surface area contributed by atoms with Gasteiger partial charge in [-0.3, -0.25) is 4.98 Å². The first kappa shape index (κ1) is 16.1. The monoisotopic (exact) mass is 377 g/mol. The summed E-state index contributed by atoms with van der Waals surface area (Å²) in [7, 11) is 1.57. The molecule has 0 fully saturated rings. The number of furan rings is 1. The van der Waals surface area contributed by atoms with Gasteiger partial charge in [-0.15, -0.1) is 0 Å². The molecule has 2 aromatic heterocycles. The number of rotatable bonds is 2. The normalized spacial score (nSPS) is 11.5. The van der Waals surface area contributed by atoms with Crippen molar-refractivity contribution in [2.75, 3.05) is 7.11 Å². The summed E-state index contributed by atoms with van der Waals surface area (Å²) < 4.78 is 25.2. The molecule has 27 heavy (non-hydrogen) atoms. The van der Waals surface area contributed by atoms with Crippen molar-refractivity contribution in [2.24, 2.45) is 0 Å². The van der Waals surface area contributed by atoms with Gasteiger partial charge in [-0.2, -0.15) is 0 Å². The summed E-state index contributed by atoms with van der Waals surface area (Å²) in [5.74, 6) is 0.242. The van der Waals surface area contributed by atoms with Crippen molar-refractivity contribution in [1.29, 1.82) is 0 Å². The molecule has 0 saturated heterocycles. The van der Waals surface area contributed by atoms with Crippen molar-refractivity contribution in [2.45, 2.75) is 0 Å². The van der Waals surface area contributed by atoms with Gasteiger partial charge in [0.25, 0.3) is 0 Å². The lowest BCUT2D eigenvalue weighted by Crippen LogP contribution is -1.91. The zero-order chi connectivity index (χ0) is 18.5. The van der Waals surface area contributed by atoms with E-state index >= 15 is 0 Å². The van der Waals surface area contributed by atoms with Crippen LogP contribution in [-0.2, 0) is 0 Å². The molecule has 5 rings (SSSR count). The fourth-order valence-electron chi connectivity index (χ4n) is 3.59. The summed E-state index contributed by atoms with van der Waals surface area (Å²) in [4.78, 5) is 4.48. The summed E-state index contributed by atoms with van der Waals surface area (Å²) in [6.07, 6.45) is 1.66. The number of nitrogens with zero attached hydrogens (tertiary/aromatic N) is 1. The van der Waals surface area contributed by atoms with Crippen molar-refractivity contribution in [3.05, 3.63) is 71.6 Å². The minimum absolute atomic E-state index is 0.308. The number of aromatic nitrogens is 1. The molecule has 0 unspecified atom stereocenters. The Hall–Kier alpha value is -3.11. The van der Waals surface area contributed by atoms with Gasteiger partial charge >= 0.3 is 0 Å². The molecule has 5 aromatic rings. The molecular weight excluding hydrogens is 365 g/mol. The van der Waals surface area contributed by atoms with E-state index in [4.69, 9.17) is 20.8 Å². The fourth-order valence-corrected chi connectivity index (χ4v) is 3.88. The number of fused-ring (bicyclic) bond motifs is 5. The van der Waals surface area contributed by atoms with Crippen molar-refractivity contribution >= 4 is 44.3 Å². The number of hydrogen-bond donors (Lipinski definition) is 0. The second kappa shape index (κ2) is 5.96. The third-order valence-corrected chi connectivity index (χ3v) is 5.13. The molecule has 3 nitrogen and oxygen atoms in total. The smallest absolute Gasteiger partial charge is 0.141 e. The number of ether oxygens (including phenoxy) is 1. The SMILES string of the molecule is COc1ccnc(-c2cccc3ccc4oc5ccc(F)cc5c4c23)c1Cl. The fraction of sp³-hybridized carbons (Fsp3) is 0.0455. The average molecular weight is 378 g/mol. The zero-order valence-corrected chi connectivity index (χ0v) is 15.0. The maximum Gasteiger partial charge on any atom is 0.141 e. The molecular formula is C22H13ClFNO2. The number of hydrogen-bond acceptors (Lipinski definition) is 3. The number of benzene rings is 3. The van der Waals surface area contributed by atoms with Gasteiger partial charge in [0.2, 0.25) is 0 Å². The summed E-state index contributed by atoms with van der Waals surface area (Å²) >= 11 is 6.54. The van der Waals surface area contributed by atoms with E-state index in [2.05, 4.69) is 4.98 Å². The average Bonchev–Trinajstić information content (AvgIpc) is 3.06. The van der Waals surface area contributed by atoms with E-state index in [1.165, 1.54) is 12.1 Å². The summed E-state index contributed by atoms with van der Waals surface area (Å²) in [6.45, 7) is 0. The highest BCUT2D eigenvalue weighted by Crippen LogP contribution is 2.42.